The molecule has 2 amide bonds. The monoisotopic (exact) mass is 538 g/mol. The van der Waals surface area contributed by atoms with Crippen LogP contribution in [0.3, 0.4) is 0 Å². The van der Waals surface area contributed by atoms with Crippen molar-refractivity contribution < 1.29 is 23.1 Å². The Morgan fingerprint density at radius 2 is 1.90 bits per heavy atom. The number of halogens is 2. The van der Waals surface area contributed by atoms with Crippen LogP contribution in [0, 0.1) is 23.0 Å². The summed E-state index contributed by atoms with van der Waals surface area (Å²) < 4.78 is 37.0. The molecule has 11 heteroatoms. The number of fused-ring (bicyclic) bond motifs is 2. The zero-order chi connectivity index (χ0) is 27.8. The average Bonchev–Trinajstić information content (AvgIpc) is 3.29. The number of hydrogen-bond acceptors (Lipinski definition) is 6. The summed E-state index contributed by atoms with van der Waals surface area (Å²) in [5.41, 5.74) is 1.20. The molecule has 0 saturated heterocycles. The highest BCUT2D eigenvalue weighted by Crippen LogP contribution is 2.35. The third kappa shape index (κ3) is 4.35. The van der Waals surface area contributed by atoms with E-state index in [4.69, 9.17) is 10.00 Å². The number of carbonyl (C=O) groups is 2. The lowest BCUT2D eigenvalue weighted by Crippen LogP contribution is -2.42. The van der Waals surface area contributed by atoms with Gasteiger partial charge in [0.25, 0.3) is 11.8 Å². The molecule has 0 fully saturated rings. The van der Waals surface area contributed by atoms with Gasteiger partial charge in [0.2, 0.25) is 12.0 Å². The Bertz CT molecular complexity index is 1740. The first-order valence-electron chi connectivity index (χ1n) is 12.4. The van der Waals surface area contributed by atoms with Gasteiger partial charge in [0.05, 0.1) is 29.6 Å². The van der Waals surface area contributed by atoms with Gasteiger partial charge in [-0.1, -0.05) is 42.5 Å². The number of carbonyl (C=O) groups excluding carboxylic acids is 2. The average molecular weight is 539 g/mol. The van der Waals surface area contributed by atoms with Crippen molar-refractivity contribution in [2.75, 3.05) is 11.9 Å². The van der Waals surface area contributed by atoms with Gasteiger partial charge in [-0.05, 0) is 24.3 Å². The van der Waals surface area contributed by atoms with Crippen LogP contribution in [0.2, 0.25) is 0 Å². The van der Waals surface area contributed by atoms with E-state index in [1.807, 2.05) is 12.1 Å². The smallest absolute Gasteiger partial charge is 0.269 e. The van der Waals surface area contributed by atoms with Crippen molar-refractivity contribution >= 4 is 23.2 Å². The maximum atomic E-state index is 15.0. The van der Waals surface area contributed by atoms with Gasteiger partial charge < -0.3 is 15.4 Å². The van der Waals surface area contributed by atoms with Gasteiger partial charge in [-0.3, -0.25) is 9.59 Å². The molecule has 3 heterocycles. The van der Waals surface area contributed by atoms with Crippen molar-refractivity contribution in [3.05, 3.63) is 101 Å². The van der Waals surface area contributed by atoms with Gasteiger partial charge >= 0.3 is 0 Å². The summed E-state index contributed by atoms with van der Waals surface area (Å²) in [6.45, 7) is 0.748. The number of hydrogen-bond donors (Lipinski definition) is 2. The second kappa shape index (κ2) is 10.1. The zero-order valence-electron chi connectivity index (χ0n) is 20.8. The molecular weight excluding hydrogens is 518 g/mol. The van der Waals surface area contributed by atoms with E-state index >= 15 is 4.39 Å². The van der Waals surface area contributed by atoms with Crippen LogP contribution in [0.4, 0.5) is 14.5 Å². The van der Waals surface area contributed by atoms with E-state index in [1.165, 1.54) is 28.9 Å². The summed E-state index contributed by atoms with van der Waals surface area (Å²) in [5, 5.41) is 18.7. The van der Waals surface area contributed by atoms with Crippen LogP contribution in [0.5, 0.6) is 5.88 Å². The minimum Gasteiger partial charge on any atom is -0.477 e. The number of nitrogens with zero attached hydrogens (tertiary/aromatic N) is 4. The number of rotatable bonds is 4. The van der Waals surface area contributed by atoms with Gasteiger partial charge in [-0.15, -0.1) is 0 Å². The number of aryl methyl sites for hydroxylation is 1. The molecule has 0 saturated carbocycles. The first kappa shape index (κ1) is 24.9. The molecule has 0 spiro atoms. The number of amides is 2. The first-order valence-corrected chi connectivity index (χ1v) is 12.4. The molecule has 2 aliphatic heterocycles. The fourth-order valence-electron chi connectivity index (χ4n) is 4.72. The lowest BCUT2D eigenvalue weighted by Gasteiger charge is -2.17. The van der Waals surface area contributed by atoms with E-state index in [0.717, 1.165) is 6.07 Å². The van der Waals surface area contributed by atoms with E-state index < -0.39 is 29.6 Å². The topological polar surface area (TPSA) is 121 Å². The third-order valence-corrected chi connectivity index (χ3v) is 6.58. The number of aliphatic imine (C=N–C) groups is 1. The number of ether oxygens (including phenoxy) is 1. The Morgan fingerprint density at radius 3 is 2.67 bits per heavy atom. The quantitative estimate of drug-likeness (QED) is 0.407. The molecule has 3 aromatic carbocycles. The molecular formula is C29H20F2N6O3. The van der Waals surface area contributed by atoms with Crippen LogP contribution in [0.25, 0.3) is 11.3 Å². The highest BCUT2D eigenvalue weighted by molar-refractivity contribution is 6.20. The molecule has 198 valence electrons. The van der Waals surface area contributed by atoms with E-state index in [1.54, 1.807) is 30.3 Å². The lowest BCUT2D eigenvalue weighted by atomic mass is 10.0. The maximum absolute atomic E-state index is 15.0. The summed E-state index contributed by atoms with van der Waals surface area (Å²) in [6.07, 6.45) is -0.836. The molecule has 0 unspecified atom stereocenters. The molecule has 4 aromatic rings. The third-order valence-electron chi connectivity index (χ3n) is 6.58. The van der Waals surface area contributed by atoms with Crippen LogP contribution < -0.4 is 15.4 Å². The molecule has 6 rings (SSSR count). The van der Waals surface area contributed by atoms with Crippen LogP contribution >= 0.6 is 0 Å². The highest BCUT2D eigenvalue weighted by Gasteiger charge is 2.34. The van der Waals surface area contributed by atoms with Crippen LogP contribution in [-0.4, -0.2) is 40.1 Å². The van der Waals surface area contributed by atoms with Crippen LogP contribution in [-0.2, 0) is 11.3 Å². The van der Waals surface area contributed by atoms with E-state index in [2.05, 4.69) is 20.7 Å². The highest BCUT2D eigenvalue weighted by atomic mass is 19.1. The Balaban J connectivity index is 1.43. The number of benzodiazepines with no additional fused rings is 1. The lowest BCUT2D eigenvalue weighted by molar-refractivity contribution is -0.117. The minimum atomic E-state index is -1.47. The molecule has 0 aliphatic carbocycles. The molecule has 40 heavy (non-hydrogen) atoms. The molecule has 9 nitrogen and oxygen atoms in total. The predicted octanol–water partition coefficient (Wildman–Crippen LogP) is 4.03. The zero-order valence-corrected chi connectivity index (χ0v) is 20.8. The van der Waals surface area contributed by atoms with Crippen LogP contribution in [0.15, 0.2) is 71.7 Å². The summed E-state index contributed by atoms with van der Waals surface area (Å²) >= 11 is 0. The number of aromatic nitrogens is 2. The Hall–Kier alpha value is -5.37. The van der Waals surface area contributed by atoms with Gasteiger partial charge in [-0.2, -0.15) is 10.4 Å². The Kier molecular flexibility index (Phi) is 6.28. The Morgan fingerprint density at radius 1 is 1.07 bits per heavy atom. The Labute approximate surface area is 226 Å². The van der Waals surface area contributed by atoms with Crippen molar-refractivity contribution in [1.82, 2.24) is 15.1 Å². The molecule has 1 atom stereocenters. The van der Waals surface area contributed by atoms with Gasteiger partial charge in [0.15, 0.2) is 0 Å². The predicted molar refractivity (Wildman–Crippen MR) is 141 cm³/mol. The van der Waals surface area contributed by atoms with Crippen molar-refractivity contribution in [2.45, 2.75) is 19.1 Å². The maximum Gasteiger partial charge on any atom is 0.269 e. The molecule has 2 N–H and O–H groups in total. The van der Waals surface area contributed by atoms with Crippen LogP contribution in [0.1, 0.15) is 33.5 Å². The van der Waals surface area contributed by atoms with Crippen molar-refractivity contribution in [2.24, 2.45) is 4.99 Å². The normalized spacial score (nSPS) is 15.9. The first-order chi connectivity index (χ1) is 19.4. The fraction of sp³-hybridized carbons (Fsp3) is 0.138. The summed E-state index contributed by atoms with van der Waals surface area (Å²) in [6, 6.07) is 18.9. The molecule has 0 radical (unpaired) electrons. The fourth-order valence-corrected chi connectivity index (χ4v) is 4.72. The van der Waals surface area contributed by atoms with E-state index in [-0.39, 0.29) is 34.0 Å². The number of benzene rings is 3. The van der Waals surface area contributed by atoms with Gasteiger partial charge in [0, 0.05) is 29.7 Å². The number of nitriles is 1. The molecule has 1 aromatic heterocycles. The van der Waals surface area contributed by atoms with Crippen molar-refractivity contribution in [3.8, 4) is 23.2 Å². The second-order valence-corrected chi connectivity index (χ2v) is 9.13. The van der Waals surface area contributed by atoms with Crippen molar-refractivity contribution in [1.29, 1.82) is 5.26 Å². The minimum absolute atomic E-state index is 0.00740. The largest absolute Gasteiger partial charge is 0.477 e. The SMILES string of the molecule is N#Cc1ccc(-c2nn3c(c2C(=O)N[C@H]2N=C(c4ccccc4)c4cccc(F)c4NC2=O)OCCC3)c(F)c1. The summed E-state index contributed by atoms with van der Waals surface area (Å²) in [4.78, 5) is 31.6. The van der Waals surface area contributed by atoms with Gasteiger partial charge in [0.1, 0.15) is 22.9 Å². The number of anilines is 1. The molecule has 0 bridgehead atoms. The van der Waals surface area contributed by atoms with Gasteiger partial charge in [-0.25, -0.2) is 18.5 Å². The number of nitrogens with one attached hydrogen (secondary N) is 2. The summed E-state index contributed by atoms with van der Waals surface area (Å²) in [7, 11) is 0. The van der Waals surface area contributed by atoms with E-state index in [9.17, 15) is 14.0 Å². The van der Waals surface area contributed by atoms with Crippen molar-refractivity contribution in [3.63, 3.8) is 0 Å². The molecule has 2 aliphatic rings. The van der Waals surface area contributed by atoms with E-state index in [0.29, 0.717) is 36.4 Å². The second-order valence-electron chi connectivity index (χ2n) is 9.13. The number of para-hydroxylation sites is 1. The standard InChI is InChI=1S/C29H20F2N6O3/c30-20-9-4-8-19-23(17-6-2-1-3-7-17)33-26(28(39)34-24(19)20)35-27(38)22-25(36-37-12-5-13-40-29(22)37)18-11-10-16(15-32)14-21(18)31/h1-4,6-11,14,26H,5,12-13H2,(H,34,39)(H,35,38)/t26-/m1/s1. The summed E-state index contributed by atoms with van der Waals surface area (Å²) in [5.74, 6) is -2.83.